The van der Waals surface area contributed by atoms with Gasteiger partial charge in [0.25, 0.3) is 5.91 Å². The molecule has 1 saturated carbocycles. The van der Waals surface area contributed by atoms with Gasteiger partial charge in [-0.3, -0.25) is 4.79 Å². The van der Waals surface area contributed by atoms with Crippen LogP contribution in [0.4, 0.5) is 0 Å². The summed E-state index contributed by atoms with van der Waals surface area (Å²) in [7, 11) is 0. The van der Waals surface area contributed by atoms with Crippen LogP contribution in [0, 0.1) is 11.3 Å². The molecule has 0 bridgehead atoms. The summed E-state index contributed by atoms with van der Waals surface area (Å²) in [4.78, 5) is 17.1. The molecule has 0 radical (unpaired) electrons. The summed E-state index contributed by atoms with van der Waals surface area (Å²) in [5.41, 5.74) is 0.371. The fourth-order valence-corrected chi connectivity index (χ4v) is 2.97. The zero-order chi connectivity index (χ0) is 15.1. The van der Waals surface area contributed by atoms with Crippen LogP contribution in [-0.4, -0.2) is 51.5 Å². The third kappa shape index (κ3) is 2.40. The van der Waals surface area contributed by atoms with Gasteiger partial charge in [-0.05, 0) is 6.92 Å². The molecule has 1 amide bonds. The van der Waals surface area contributed by atoms with Crippen molar-refractivity contribution in [2.45, 2.75) is 25.1 Å². The maximum atomic E-state index is 11.9. The van der Waals surface area contributed by atoms with E-state index in [1.165, 1.54) is 0 Å². The second-order valence-corrected chi connectivity index (χ2v) is 6.86. The number of carbonyl (C=O) groups excluding carboxylic acids is 1. The minimum absolute atomic E-state index is 0.0371. The molecule has 1 heterocycles. The second kappa shape index (κ2) is 5.16. The number of carbonyl (C=O) groups is 1. The molecule has 1 aliphatic heterocycles. The van der Waals surface area contributed by atoms with Gasteiger partial charge in [-0.25, -0.2) is 5.01 Å². The summed E-state index contributed by atoms with van der Waals surface area (Å²) < 4.78 is -0.821. The van der Waals surface area contributed by atoms with Crippen molar-refractivity contribution in [1.29, 1.82) is 0 Å². The number of rotatable bonds is 5. The molecule has 1 fully saturated rings. The monoisotopic (exact) mass is 321 g/mol. The van der Waals surface area contributed by atoms with E-state index in [4.69, 9.17) is 33.1 Å². The van der Waals surface area contributed by atoms with E-state index in [0.29, 0.717) is 5.71 Å². The number of oxime groups is 1. The lowest BCUT2D eigenvalue weighted by Crippen LogP contribution is -2.29. The Morgan fingerprint density at radius 2 is 2.10 bits per heavy atom. The molecule has 6 nitrogen and oxygen atoms in total. The highest BCUT2D eigenvalue weighted by atomic mass is 35.5. The van der Waals surface area contributed by atoms with Crippen molar-refractivity contribution in [3.8, 4) is 0 Å². The summed E-state index contributed by atoms with van der Waals surface area (Å²) in [6, 6.07) is 0. The van der Waals surface area contributed by atoms with E-state index in [1.807, 2.05) is 13.8 Å². The fraction of sp³-hybridized carbons (Fsp3) is 0.750. The minimum Gasteiger partial charge on any atom is -0.395 e. The number of hydrazone groups is 1. The Morgan fingerprint density at radius 3 is 2.60 bits per heavy atom. The average Bonchev–Trinajstić information content (AvgIpc) is 2.60. The Balaban J connectivity index is 1.94. The number of nitrogens with zero attached hydrogens (tertiary/aromatic N) is 3. The van der Waals surface area contributed by atoms with Gasteiger partial charge in [0, 0.05) is 11.3 Å². The summed E-state index contributed by atoms with van der Waals surface area (Å²) in [5.74, 6) is -0.417. The van der Waals surface area contributed by atoms with Crippen molar-refractivity contribution < 1.29 is 14.7 Å². The van der Waals surface area contributed by atoms with E-state index >= 15 is 0 Å². The molecule has 8 heteroatoms. The van der Waals surface area contributed by atoms with Gasteiger partial charge < -0.3 is 9.94 Å². The molecule has 0 aromatic heterocycles. The number of aliphatic hydroxyl groups excluding tert-OH is 1. The van der Waals surface area contributed by atoms with Crippen molar-refractivity contribution in [2.75, 3.05) is 19.8 Å². The van der Waals surface area contributed by atoms with Crippen molar-refractivity contribution in [3.05, 3.63) is 0 Å². The van der Waals surface area contributed by atoms with E-state index in [2.05, 4.69) is 10.3 Å². The lowest BCUT2D eigenvalue weighted by molar-refractivity contribution is -0.123. The number of hydrogen-bond donors (Lipinski definition) is 1. The van der Waals surface area contributed by atoms with Gasteiger partial charge in [-0.1, -0.05) is 19.0 Å². The standard InChI is InChI=1S/C12H17Cl2N3O3/c1-7-9(10(19)17(15-7)4-5-18)16-20-6-8-11(2,3)12(8,13)14/h8,18H,4-6H2,1-3H3. The number of halogens is 2. The van der Waals surface area contributed by atoms with Gasteiger partial charge >= 0.3 is 0 Å². The van der Waals surface area contributed by atoms with Crippen LogP contribution in [-0.2, 0) is 9.63 Å². The SMILES string of the molecule is CC1=NN(CCO)C(=O)C1=NOCC1C(C)(C)C1(Cl)Cl. The molecular weight excluding hydrogens is 305 g/mol. The first kappa shape index (κ1) is 15.5. The number of β-amino-alcohol motifs (C(OH)–C–C–N with tert-alkyl or cyclic N) is 1. The molecule has 2 aliphatic rings. The molecule has 1 atom stereocenters. The maximum absolute atomic E-state index is 11.9. The third-order valence-corrected chi connectivity index (χ3v) is 5.34. The molecule has 1 aliphatic carbocycles. The predicted molar refractivity (Wildman–Crippen MR) is 77.0 cm³/mol. The number of hydrogen-bond acceptors (Lipinski definition) is 5. The molecule has 1 unspecified atom stereocenters. The van der Waals surface area contributed by atoms with Gasteiger partial charge in [-0.15, -0.1) is 23.2 Å². The van der Waals surface area contributed by atoms with Crippen LogP contribution < -0.4 is 0 Å². The van der Waals surface area contributed by atoms with E-state index in [9.17, 15) is 4.79 Å². The lowest BCUT2D eigenvalue weighted by Gasteiger charge is -2.08. The largest absolute Gasteiger partial charge is 0.395 e. The van der Waals surface area contributed by atoms with E-state index in [0.717, 1.165) is 5.01 Å². The normalized spacial score (nSPS) is 28.8. The summed E-state index contributed by atoms with van der Waals surface area (Å²) >= 11 is 12.3. The molecule has 1 N–H and O–H groups in total. The maximum Gasteiger partial charge on any atom is 0.298 e. The van der Waals surface area contributed by atoms with Crippen molar-refractivity contribution >= 4 is 40.5 Å². The second-order valence-electron chi connectivity index (χ2n) is 5.47. The van der Waals surface area contributed by atoms with Crippen molar-refractivity contribution in [2.24, 2.45) is 21.6 Å². The van der Waals surface area contributed by atoms with Crippen LogP contribution in [0.2, 0.25) is 0 Å². The van der Waals surface area contributed by atoms with Gasteiger partial charge in [-0.2, -0.15) is 5.10 Å². The quantitative estimate of drug-likeness (QED) is 0.614. The Morgan fingerprint density at radius 1 is 1.50 bits per heavy atom. The minimum atomic E-state index is -0.821. The first-order valence-corrected chi connectivity index (χ1v) is 7.05. The van der Waals surface area contributed by atoms with Crippen LogP contribution in [0.25, 0.3) is 0 Å². The van der Waals surface area contributed by atoms with Crippen LogP contribution in [0.1, 0.15) is 20.8 Å². The summed E-state index contributed by atoms with van der Waals surface area (Å²) in [6.45, 7) is 5.77. The van der Waals surface area contributed by atoms with E-state index in [1.54, 1.807) is 6.92 Å². The van der Waals surface area contributed by atoms with Crippen LogP contribution >= 0.6 is 23.2 Å². The Labute approximate surface area is 127 Å². The fourth-order valence-electron chi connectivity index (χ4n) is 2.15. The van der Waals surface area contributed by atoms with Crippen LogP contribution in [0.3, 0.4) is 0 Å². The number of alkyl halides is 2. The highest BCUT2D eigenvalue weighted by Gasteiger charge is 2.70. The highest BCUT2D eigenvalue weighted by molar-refractivity contribution is 6.68. The molecule has 0 spiro atoms. The van der Waals surface area contributed by atoms with Crippen molar-refractivity contribution in [3.63, 3.8) is 0 Å². The number of amides is 1. The predicted octanol–water partition coefficient (Wildman–Crippen LogP) is 1.40. The molecule has 0 aromatic carbocycles. The molecule has 0 aromatic rings. The smallest absolute Gasteiger partial charge is 0.298 e. The molecular formula is C12H17Cl2N3O3. The van der Waals surface area contributed by atoms with Crippen molar-refractivity contribution in [1.82, 2.24) is 5.01 Å². The zero-order valence-corrected chi connectivity index (χ0v) is 13.1. The Hall–Kier alpha value is -0.850. The van der Waals surface area contributed by atoms with Crippen LogP contribution in [0.5, 0.6) is 0 Å². The first-order chi connectivity index (χ1) is 9.23. The molecule has 20 heavy (non-hydrogen) atoms. The van der Waals surface area contributed by atoms with Crippen LogP contribution in [0.15, 0.2) is 10.3 Å². The number of aliphatic hydroxyl groups is 1. The molecule has 112 valence electrons. The molecule has 2 rings (SSSR count). The molecule has 0 saturated heterocycles. The van der Waals surface area contributed by atoms with Gasteiger partial charge in [0.1, 0.15) is 10.9 Å². The third-order valence-electron chi connectivity index (χ3n) is 3.84. The highest BCUT2D eigenvalue weighted by Crippen LogP contribution is 2.68. The topological polar surface area (TPSA) is 74.5 Å². The van der Waals surface area contributed by atoms with E-state index < -0.39 is 4.33 Å². The lowest BCUT2D eigenvalue weighted by atomic mass is 10.1. The van der Waals surface area contributed by atoms with Gasteiger partial charge in [0.15, 0.2) is 5.71 Å². The Bertz CT molecular complexity index is 474. The van der Waals surface area contributed by atoms with E-state index in [-0.39, 0.29) is 42.7 Å². The first-order valence-electron chi connectivity index (χ1n) is 6.29. The summed E-state index contributed by atoms with van der Waals surface area (Å²) in [6.07, 6.45) is 0. The average molecular weight is 322 g/mol. The zero-order valence-electron chi connectivity index (χ0n) is 11.6. The van der Waals surface area contributed by atoms with Gasteiger partial charge in [0.2, 0.25) is 0 Å². The summed E-state index contributed by atoms with van der Waals surface area (Å²) in [5, 5.41) is 17.8. The Kier molecular flexibility index (Phi) is 4.01. The van der Waals surface area contributed by atoms with Gasteiger partial charge in [0.05, 0.1) is 18.9 Å².